The summed E-state index contributed by atoms with van der Waals surface area (Å²) in [6.45, 7) is 2.93. The molecule has 0 bridgehead atoms. The molecule has 0 aliphatic carbocycles. The van der Waals surface area contributed by atoms with E-state index >= 15 is 0 Å². The van der Waals surface area contributed by atoms with Gasteiger partial charge in [0.25, 0.3) is 5.56 Å². The molecule has 114 valence electrons. The Balaban J connectivity index is 2.38. The van der Waals surface area contributed by atoms with E-state index in [0.717, 1.165) is 26.1 Å². The van der Waals surface area contributed by atoms with Crippen molar-refractivity contribution in [2.45, 2.75) is 20.4 Å². The maximum Gasteiger partial charge on any atom is 0.329 e. The van der Waals surface area contributed by atoms with Gasteiger partial charge in [-0.2, -0.15) is 0 Å². The molecular formula is C16H15FN2O2S. The molecule has 3 aromatic rings. The predicted octanol–water partition coefficient (Wildman–Crippen LogP) is 3.00. The minimum Gasteiger partial charge on any atom is -0.298 e. The SMILES string of the molecule is Cc1ccc(-c2c(C)sc3[nH]c(=O)n(CCF)c(=O)c23)cc1. The van der Waals surface area contributed by atoms with Crippen LogP contribution in [0, 0.1) is 13.8 Å². The molecule has 0 unspecified atom stereocenters. The van der Waals surface area contributed by atoms with Crippen LogP contribution in [0.15, 0.2) is 33.9 Å². The number of aromatic nitrogens is 2. The van der Waals surface area contributed by atoms with Crippen molar-refractivity contribution < 1.29 is 4.39 Å². The molecule has 6 heteroatoms. The lowest BCUT2D eigenvalue weighted by Crippen LogP contribution is -2.35. The van der Waals surface area contributed by atoms with Crippen LogP contribution in [0.5, 0.6) is 0 Å². The number of alkyl halides is 1. The monoisotopic (exact) mass is 318 g/mol. The standard InChI is InChI=1S/C16H15FN2O2S/c1-9-3-5-11(6-4-9)12-10(2)22-14-13(12)15(20)19(8-7-17)16(21)18-14/h3-6H,7-8H2,1-2H3,(H,18,21). The summed E-state index contributed by atoms with van der Waals surface area (Å²) in [7, 11) is 0. The average molecular weight is 318 g/mol. The molecule has 2 aromatic heterocycles. The highest BCUT2D eigenvalue weighted by molar-refractivity contribution is 7.19. The number of nitrogens with zero attached hydrogens (tertiary/aromatic N) is 1. The molecular weight excluding hydrogens is 303 g/mol. The summed E-state index contributed by atoms with van der Waals surface area (Å²) in [4.78, 5) is 28.7. The fourth-order valence-corrected chi connectivity index (χ4v) is 3.64. The van der Waals surface area contributed by atoms with Crippen LogP contribution in [0.2, 0.25) is 0 Å². The van der Waals surface area contributed by atoms with Crippen LogP contribution in [0.25, 0.3) is 21.3 Å². The molecule has 1 aromatic carbocycles. The average Bonchev–Trinajstić information content (AvgIpc) is 2.80. The zero-order chi connectivity index (χ0) is 15.9. The van der Waals surface area contributed by atoms with Crippen LogP contribution < -0.4 is 11.2 Å². The largest absolute Gasteiger partial charge is 0.329 e. The summed E-state index contributed by atoms with van der Waals surface area (Å²) in [5, 5.41) is 0.458. The minimum atomic E-state index is -0.753. The van der Waals surface area contributed by atoms with Crippen molar-refractivity contribution in [1.82, 2.24) is 9.55 Å². The first-order valence-electron chi connectivity index (χ1n) is 6.92. The molecule has 1 N–H and O–H groups in total. The van der Waals surface area contributed by atoms with Crippen LogP contribution in [-0.2, 0) is 6.54 Å². The van der Waals surface area contributed by atoms with Gasteiger partial charge in [-0.1, -0.05) is 29.8 Å². The highest BCUT2D eigenvalue weighted by Crippen LogP contribution is 2.35. The molecule has 0 fully saturated rings. The second-order valence-corrected chi connectivity index (χ2v) is 6.40. The van der Waals surface area contributed by atoms with Crippen molar-refractivity contribution in [1.29, 1.82) is 0 Å². The molecule has 0 aliphatic heterocycles. The number of fused-ring (bicyclic) bond motifs is 1. The third-order valence-electron chi connectivity index (χ3n) is 3.66. The minimum absolute atomic E-state index is 0.230. The maximum atomic E-state index is 12.6. The van der Waals surface area contributed by atoms with Gasteiger partial charge >= 0.3 is 5.69 Å². The molecule has 0 atom stereocenters. The second kappa shape index (κ2) is 5.53. The van der Waals surface area contributed by atoms with Gasteiger partial charge in [0.1, 0.15) is 11.5 Å². The number of hydrogen-bond donors (Lipinski definition) is 1. The highest BCUT2D eigenvalue weighted by atomic mass is 32.1. The van der Waals surface area contributed by atoms with Crippen LogP contribution >= 0.6 is 11.3 Å². The highest BCUT2D eigenvalue weighted by Gasteiger charge is 2.17. The number of aromatic amines is 1. The van der Waals surface area contributed by atoms with E-state index < -0.39 is 17.9 Å². The van der Waals surface area contributed by atoms with E-state index in [2.05, 4.69) is 4.98 Å². The van der Waals surface area contributed by atoms with Gasteiger partial charge in [0.15, 0.2) is 0 Å². The van der Waals surface area contributed by atoms with Gasteiger partial charge in [-0.25, -0.2) is 9.18 Å². The summed E-state index contributed by atoms with van der Waals surface area (Å²) >= 11 is 1.37. The Labute approximate surface area is 129 Å². The second-order valence-electron chi connectivity index (χ2n) is 5.18. The lowest BCUT2D eigenvalue weighted by Gasteiger charge is -2.05. The van der Waals surface area contributed by atoms with Gasteiger partial charge in [0, 0.05) is 10.4 Å². The van der Waals surface area contributed by atoms with E-state index in [4.69, 9.17) is 0 Å². The first-order chi connectivity index (χ1) is 10.5. The molecule has 0 amide bonds. The summed E-state index contributed by atoms with van der Waals surface area (Å²) in [6, 6.07) is 7.86. The number of aryl methyl sites for hydroxylation is 2. The number of thiophene rings is 1. The smallest absolute Gasteiger partial charge is 0.298 e. The Morgan fingerprint density at radius 3 is 2.50 bits per heavy atom. The van der Waals surface area contributed by atoms with Crippen LogP contribution in [0.4, 0.5) is 4.39 Å². The Morgan fingerprint density at radius 2 is 1.86 bits per heavy atom. The van der Waals surface area contributed by atoms with Crippen molar-refractivity contribution >= 4 is 21.6 Å². The number of halogens is 1. The van der Waals surface area contributed by atoms with Gasteiger partial charge in [-0.05, 0) is 19.4 Å². The van der Waals surface area contributed by atoms with E-state index in [9.17, 15) is 14.0 Å². The fourth-order valence-electron chi connectivity index (χ4n) is 2.58. The summed E-state index contributed by atoms with van der Waals surface area (Å²) in [6.07, 6.45) is 0. The molecule has 3 rings (SSSR count). The predicted molar refractivity (Wildman–Crippen MR) is 87.6 cm³/mol. The first-order valence-corrected chi connectivity index (χ1v) is 7.74. The molecule has 0 saturated heterocycles. The third-order valence-corrected chi connectivity index (χ3v) is 4.68. The van der Waals surface area contributed by atoms with Gasteiger partial charge in [-0.15, -0.1) is 11.3 Å². The summed E-state index contributed by atoms with van der Waals surface area (Å²) in [5.74, 6) is 0. The Hall–Kier alpha value is -2.21. The normalized spacial score (nSPS) is 11.2. The molecule has 22 heavy (non-hydrogen) atoms. The van der Waals surface area contributed by atoms with Crippen LogP contribution in [0.1, 0.15) is 10.4 Å². The van der Waals surface area contributed by atoms with Gasteiger partial charge in [-0.3, -0.25) is 14.3 Å². The molecule has 2 heterocycles. The van der Waals surface area contributed by atoms with E-state index in [-0.39, 0.29) is 6.54 Å². The Kier molecular flexibility index (Phi) is 3.70. The molecule has 0 spiro atoms. The molecule has 0 aliphatic rings. The number of hydrogen-bond acceptors (Lipinski definition) is 3. The van der Waals surface area contributed by atoms with E-state index in [1.165, 1.54) is 11.3 Å². The zero-order valence-electron chi connectivity index (χ0n) is 12.3. The van der Waals surface area contributed by atoms with Crippen molar-refractivity contribution in [3.05, 3.63) is 55.5 Å². The number of rotatable bonds is 3. The van der Waals surface area contributed by atoms with Crippen molar-refractivity contribution in [3.8, 4) is 11.1 Å². The van der Waals surface area contributed by atoms with E-state index in [1.54, 1.807) is 0 Å². The number of benzene rings is 1. The van der Waals surface area contributed by atoms with Crippen molar-refractivity contribution in [2.24, 2.45) is 0 Å². The Morgan fingerprint density at radius 1 is 1.18 bits per heavy atom. The van der Waals surface area contributed by atoms with Crippen LogP contribution in [-0.4, -0.2) is 16.2 Å². The molecule has 0 saturated carbocycles. The van der Waals surface area contributed by atoms with E-state index in [1.807, 2.05) is 38.1 Å². The Bertz CT molecular complexity index is 951. The third kappa shape index (κ3) is 2.29. The molecule has 0 radical (unpaired) electrons. The summed E-state index contributed by atoms with van der Waals surface area (Å²) in [5.41, 5.74) is 1.87. The topological polar surface area (TPSA) is 54.9 Å². The summed E-state index contributed by atoms with van der Waals surface area (Å²) < 4.78 is 13.5. The van der Waals surface area contributed by atoms with Crippen LogP contribution in [0.3, 0.4) is 0 Å². The lowest BCUT2D eigenvalue weighted by molar-refractivity contribution is 0.434. The lowest BCUT2D eigenvalue weighted by atomic mass is 10.0. The van der Waals surface area contributed by atoms with Gasteiger partial charge < -0.3 is 0 Å². The first kappa shape index (κ1) is 14.7. The van der Waals surface area contributed by atoms with Gasteiger partial charge in [0.05, 0.1) is 11.9 Å². The quantitative estimate of drug-likeness (QED) is 0.807. The van der Waals surface area contributed by atoms with Gasteiger partial charge in [0.2, 0.25) is 0 Å². The fraction of sp³-hybridized carbons (Fsp3) is 0.250. The molecule has 4 nitrogen and oxygen atoms in total. The van der Waals surface area contributed by atoms with Crippen molar-refractivity contribution in [3.63, 3.8) is 0 Å². The number of nitrogens with one attached hydrogen (secondary N) is 1. The van der Waals surface area contributed by atoms with E-state index in [0.29, 0.717) is 10.2 Å². The van der Waals surface area contributed by atoms with Crippen molar-refractivity contribution in [2.75, 3.05) is 6.67 Å². The number of H-pyrrole nitrogens is 1. The maximum absolute atomic E-state index is 12.6. The zero-order valence-corrected chi connectivity index (χ0v) is 13.1.